The highest BCUT2D eigenvalue weighted by molar-refractivity contribution is 5.89. The van der Waals surface area contributed by atoms with E-state index in [0.29, 0.717) is 12.3 Å². The van der Waals surface area contributed by atoms with Gasteiger partial charge in [0.05, 0.1) is 6.04 Å². The number of cyclic esters (lactones) is 1. The van der Waals surface area contributed by atoms with E-state index in [1.165, 1.54) is 0 Å². The third kappa shape index (κ3) is 3.50. The number of benzene rings is 1. The van der Waals surface area contributed by atoms with Crippen molar-refractivity contribution >= 4 is 12.2 Å². The molecule has 2 rings (SSSR count). The Morgan fingerprint density at radius 3 is 2.75 bits per heavy atom. The van der Waals surface area contributed by atoms with Crippen LogP contribution in [0.3, 0.4) is 0 Å². The summed E-state index contributed by atoms with van der Waals surface area (Å²) in [6.07, 6.45) is -0.540. The highest BCUT2D eigenvalue weighted by Crippen LogP contribution is 2.20. The zero-order valence-corrected chi connectivity index (χ0v) is 11.7. The van der Waals surface area contributed by atoms with Crippen LogP contribution < -0.4 is 0 Å². The molecule has 1 aliphatic rings. The van der Waals surface area contributed by atoms with Crippen LogP contribution in [-0.4, -0.2) is 29.7 Å². The fraction of sp³-hybridized carbons (Fsp3) is 0.467. The minimum atomic E-state index is -0.637. The van der Waals surface area contributed by atoms with Crippen LogP contribution in [0.15, 0.2) is 30.3 Å². The van der Waals surface area contributed by atoms with Gasteiger partial charge in [-0.2, -0.15) is 0 Å². The second kappa shape index (κ2) is 6.41. The lowest BCUT2D eigenvalue weighted by Gasteiger charge is -2.20. The Bertz CT molecular complexity index is 472. The van der Waals surface area contributed by atoms with Crippen molar-refractivity contribution in [3.8, 4) is 0 Å². The summed E-state index contributed by atoms with van der Waals surface area (Å²) in [6.45, 7) is 4.47. The molecule has 0 aromatic heterocycles. The average molecular weight is 277 g/mol. The molecule has 1 aromatic rings. The van der Waals surface area contributed by atoms with Crippen LogP contribution in [-0.2, 0) is 16.1 Å². The molecule has 20 heavy (non-hydrogen) atoms. The number of rotatable bonds is 4. The lowest BCUT2D eigenvalue weighted by molar-refractivity contribution is 0.0957. The van der Waals surface area contributed by atoms with Crippen molar-refractivity contribution in [2.24, 2.45) is 5.92 Å². The van der Waals surface area contributed by atoms with E-state index in [4.69, 9.17) is 9.47 Å². The van der Waals surface area contributed by atoms with Crippen LogP contribution in [0.25, 0.3) is 0 Å². The van der Waals surface area contributed by atoms with Gasteiger partial charge in [-0.05, 0) is 17.9 Å². The van der Waals surface area contributed by atoms with Crippen LogP contribution >= 0.6 is 0 Å². The molecule has 0 radical (unpaired) electrons. The van der Waals surface area contributed by atoms with Crippen molar-refractivity contribution in [1.29, 1.82) is 0 Å². The van der Waals surface area contributed by atoms with E-state index in [9.17, 15) is 9.59 Å². The van der Waals surface area contributed by atoms with Crippen LogP contribution in [0, 0.1) is 5.92 Å². The summed E-state index contributed by atoms with van der Waals surface area (Å²) >= 11 is 0. The maximum absolute atomic E-state index is 12.0. The van der Waals surface area contributed by atoms with E-state index >= 15 is 0 Å². The molecule has 0 aliphatic carbocycles. The maximum Gasteiger partial charge on any atom is 0.420 e. The molecule has 1 fully saturated rings. The molecule has 0 saturated carbocycles. The molecular weight excluding hydrogens is 258 g/mol. The summed E-state index contributed by atoms with van der Waals surface area (Å²) in [7, 11) is 0. The summed E-state index contributed by atoms with van der Waals surface area (Å²) in [5, 5.41) is 0. The number of carbonyl (C=O) groups is 2. The minimum absolute atomic E-state index is 0.151. The van der Waals surface area contributed by atoms with Gasteiger partial charge in [0, 0.05) is 0 Å². The Labute approximate surface area is 118 Å². The van der Waals surface area contributed by atoms with Gasteiger partial charge in [-0.25, -0.2) is 14.5 Å². The normalized spacial score (nSPS) is 18.2. The van der Waals surface area contributed by atoms with E-state index in [-0.39, 0.29) is 19.3 Å². The van der Waals surface area contributed by atoms with Gasteiger partial charge in [0.25, 0.3) is 0 Å². The smallest absolute Gasteiger partial charge is 0.420 e. The molecular formula is C15H19NO4. The minimum Gasteiger partial charge on any atom is -0.447 e. The Morgan fingerprint density at radius 2 is 2.10 bits per heavy atom. The Kier molecular flexibility index (Phi) is 4.61. The SMILES string of the molecule is CC(C)C[C@H]1COC(=O)N1C(=O)OCc1ccccc1. The van der Waals surface area contributed by atoms with Crippen molar-refractivity contribution < 1.29 is 19.1 Å². The monoisotopic (exact) mass is 277 g/mol. The highest BCUT2D eigenvalue weighted by atomic mass is 16.6. The standard InChI is InChI=1S/C15H19NO4/c1-11(2)8-13-10-20-15(18)16(13)14(17)19-9-12-6-4-3-5-7-12/h3-7,11,13H,8-10H2,1-2H3/t13-/m0/s1. The summed E-state index contributed by atoms with van der Waals surface area (Å²) in [6, 6.07) is 9.12. The van der Waals surface area contributed by atoms with E-state index in [1.807, 2.05) is 44.2 Å². The quantitative estimate of drug-likeness (QED) is 0.848. The first-order valence-electron chi connectivity index (χ1n) is 6.74. The van der Waals surface area contributed by atoms with Crippen LogP contribution in [0.2, 0.25) is 0 Å². The Morgan fingerprint density at radius 1 is 1.40 bits per heavy atom. The number of imide groups is 1. The van der Waals surface area contributed by atoms with Crippen molar-refractivity contribution in [3.63, 3.8) is 0 Å². The van der Waals surface area contributed by atoms with Gasteiger partial charge < -0.3 is 9.47 Å². The zero-order valence-electron chi connectivity index (χ0n) is 11.7. The van der Waals surface area contributed by atoms with Gasteiger partial charge in [-0.1, -0.05) is 44.2 Å². The van der Waals surface area contributed by atoms with E-state index in [1.54, 1.807) is 0 Å². The molecule has 5 nitrogen and oxygen atoms in total. The maximum atomic E-state index is 12.0. The van der Waals surface area contributed by atoms with Crippen molar-refractivity contribution in [3.05, 3.63) is 35.9 Å². The fourth-order valence-electron chi connectivity index (χ4n) is 2.19. The zero-order chi connectivity index (χ0) is 14.5. The number of ether oxygens (including phenoxy) is 2. The van der Waals surface area contributed by atoms with Crippen LogP contribution in [0.4, 0.5) is 9.59 Å². The number of hydrogen-bond acceptors (Lipinski definition) is 4. The van der Waals surface area contributed by atoms with E-state index in [2.05, 4.69) is 0 Å². The van der Waals surface area contributed by atoms with Gasteiger partial charge in [0.1, 0.15) is 13.2 Å². The van der Waals surface area contributed by atoms with Crippen molar-refractivity contribution in [2.75, 3.05) is 6.61 Å². The first-order chi connectivity index (χ1) is 9.58. The molecule has 108 valence electrons. The Hall–Kier alpha value is -2.04. The highest BCUT2D eigenvalue weighted by Gasteiger charge is 2.39. The average Bonchev–Trinajstić information content (AvgIpc) is 2.77. The molecule has 0 spiro atoms. The molecule has 1 saturated heterocycles. The number of nitrogens with zero attached hydrogens (tertiary/aromatic N) is 1. The summed E-state index contributed by atoms with van der Waals surface area (Å²) < 4.78 is 10.1. The topological polar surface area (TPSA) is 55.8 Å². The third-order valence-corrected chi connectivity index (χ3v) is 3.11. The van der Waals surface area contributed by atoms with Gasteiger partial charge in [-0.3, -0.25) is 0 Å². The van der Waals surface area contributed by atoms with E-state index < -0.39 is 12.2 Å². The number of amides is 2. The largest absolute Gasteiger partial charge is 0.447 e. The molecule has 5 heteroatoms. The van der Waals surface area contributed by atoms with Crippen LogP contribution in [0.1, 0.15) is 25.8 Å². The molecule has 0 unspecified atom stereocenters. The predicted molar refractivity (Wildman–Crippen MR) is 73.1 cm³/mol. The van der Waals surface area contributed by atoms with Gasteiger partial charge in [0.15, 0.2) is 0 Å². The fourth-order valence-corrected chi connectivity index (χ4v) is 2.19. The molecule has 1 aromatic carbocycles. The van der Waals surface area contributed by atoms with Crippen molar-refractivity contribution in [1.82, 2.24) is 4.90 Å². The van der Waals surface area contributed by atoms with Crippen molar-refractivity contribution in [2.45, 2.75) is 32.9 Å². The predicted octanol–water partition coefficient (Wildman–Crippen LogP) is 3.19. The third-order valence-electron chi connectivity index (χ3n) is 3.11. The second-order valence-electron chi connectivity index (χ2n) is 5.27. The Balaban J connectivity index is 1.94. The molecule has 0 bridgehead atoms. The summed E-state index contributed by atoms with van der Waals surface area (Å²) in [4.78, 5) is 24.7. The van der Waals surface area contributed by atoms with Gasteiger partial charge >= 0.3 is 12.2 Å². The lowest BCUT2D eigenvalue weighted by Crippen LogP contribution is -2.39. The molecule has 1 aliphatic heterocycles. The van der Waals surface area contributed by atoms with Gasteiger partial charge in [0.2, 0.25) is 0 Å². The molecule has 0 N–H and O–H groups in total. The number of hydrogen-bond donors (Lipinski definition) is 0. The molecule has 2 amide bonds. The lowest BCUT2D eigenvalue weighted by atomic mass is 10.0. The summed E-state index contributed by atoms with van der Waals surface area (Å²) in [5.41, 5.74) is 0.883. The second-order valence-corrected chi connectivity index (χ2v) is 5.27. The first-order valence-corrected chi connectivity index (χ1v) is 6.74. The number of carbonyl (C=O) groups excluding carboxylic acids is 2. The molecule has 1 heterocycles. The van der Waals surface area contributed by atoms with E-state index in [0.717, 1.165) is 10.5 Å². The molecule has 1 atom stereocenters. The first kappa shape index (κ1) is 14.4. The van der Waals surface area contributed by atoms with Gasteiger partial charge in [-0.15, -0.1) is 0 Å². The summed E-state index contributed by atoms with van der Waals surface area (Å²) in [5.74, 6) is 0.374. The van der Waals surface area contributed by atoms with Crippen LogP contribution in [0.5, 0.6) is 0 Å².